The number of hydrogen-bond donors (Lipinski definition) is 0. The van der Waals surface area contributed by atoms with Gasteiger partial charge in [-0.2, -0.15) is 0 Å². The number of para-hydroxylation sites is 2. The molecule has 274 valence electrons. The lowest BCUT2D eigenvalue weighted by atomic mass is 9.93. The van der Waals surface area contributed by atoms with Gasteiger partial charge in [-0.15, -0.1) is 0 Å². The van der Waals surface area contributed by atoms with E-state index >= 15 is 0 Å². The first kappa shape index (κ1) is 33.3. The van der Waals surface area contributed by atoms with E-state index in [9.17, 15) is 0 Å². The molecule has 12 rings (SSSR count). The van der Waals surface area contributed by atoms with Crippen LogP contribution in [0.15, 0.2) is 213 Å². The Balaban J connectivity index is 0.870. The molecule has 59 heavy (non-hydrogen) atoms. The van der Waals surface area contributed by atoms with Crippen LogP contribution in [0, 0.1) is 0 Å². The maximum absolute atomic E-state index is 4.80. The highest BCUT2D eigenvalue weighted by Crippen LogP contribution is 2.38. The molecule has 0 unspecified atom stereocenters. The summed E-state index contributed by atoms with van der Waals surface area (Å²) in [4.78, 5) is 9.54. The van der Waals surface area contributed by atoms with Crippen molar-refractivity contribution in [1.29, 1.82) is 0 Å². The van der Waals surface area contributed by atoms with Crippen LogP contribution in [0.2, 0.25) is 0 Å². The molecule has 12 aromatic rings. The van der Waals surface area contributed by atoms with Gasteiger partial charge in [0.05, 0.1) is 22.1 Å². The van der Waals surface area contributed by atoms with Crippen molar-refractivity contribution in [1.82, 2.24) is 14.5 Å². The van der Waals surface area contributed by atoms with Crippen molar-refractivity contribution in [3.63, 3.8) is 0 Å². The van der Waals surface area contributed by atoms with Crippen LogP contribution in [0.5, 0.6) is 0 Å². The van der Waals surface area contributed by atoms with E-state index in [0.717, 1.165) is 27.4 Å². The zero-order valence-corrected chi connectivity index (χ0v) is 32.0. The Morgan fingerprint density at radius 1 is 0.271 bits per heavy atom. The van der Waals surface area contributed by atoms with Gasteiger partial charge in [0.25, 0.3) is 0 Å². The highest BCUT2D eigenvalue weighted by molar-refractivity contribution is 6.23. The number of benzene rings is 10. The molecule has 0 aliphatic carbocycles. The van der Waals surface area contributed by atoms with Crippen LogP contribution in [0.1, 0.15) is 0 Å². The lowest BCUT2D eigenvalue weighted by Crippen LogP contribution is -1.92. The summed E-state index contributed by atoms with van der Waals surface area (Å²) in [6.07, 6.45) is 3.57. The fourth-order valence-corrected chi connectivity index (χ4v) is 9.18. The van der Waals surface area contributed by atoms with Crippen LogP contribution in [0.4, 0.5) is 0 Å². The van der Waals surface area contributed by atoms with Gasteiger partial charge in [-0.05, 0) is 127 Å². The molecule has 0 saturated heterocycles. The molecule has 0 fully saturated rings. The maximum Gasteiger partial charge on any atom is 0.0971 e. The van der Waals surface area contributed by atoms with Crippen molar-refractivity contribution in [2.45, 2.75) is 0 Å². The fourth-order valence-electron chi connectivity index (χ4n) is 9.18. The minimum absolute atomic E-state index is 0.935. The molecule has 0 aliphatic rings. The normalized spacial score (nSPS) is 11.7. The highest BCUT2D eigenvalue weighted by atomic mass is 15.0. The molecule has 2 heterocycles. The molecule has 3 heteroatoms. The predicted molar refractivity (Wildman–Crippen MR) is 248 cm³/mol. The van der Waals surface area contributed by atoms with Crippen molar-refractivity contribution < 1.29 is 0 Å². The standard InChI is InChI=1S/C56H35N3/c1-2-14-46(15-3-1)59-53-19-7-6-17-49(53)51-34-45(25-27-54(51)59)39-13-9-11-37(31-39)41-21-23-42-32-40(20-22-43(42)33-41)36-10-8-12-38(30-36)44-24-26-48-47-16-4-5-18-50(47)55-56(52(48)35-44)58-29-28-57-55/h1-35H. The van der Waals surface area contributed by atoms with Crippen molar-refractivity contribution in [2.75, 3.05) is 0 Å². The topological polar surface area (TPSA) is 30.7 Å². The number of aromatic nitrogens is 3. The van der Waals surface area contributed by atoms with Crippen molar-refractivity contribution in [3.8, 4) is 50.2 Å². The lowest BCUT2D eigenvalue weighted by molar-refractivity contribution is 1.18. The monoisotopic (exact) mass is 749 g/mol. The second-order valence-corrected chi connectivity index (χ2v) is 15.4. The van der Waals surface area contributed by atoms with E-state index in [4.69, 9.17) is 9.97 Å². The third-order valence-electron chi connectivity index (χ3n) is 12.0. The first-order chi connectivity index (χ1) is 29.2. The average Bonchev–Trinajstić information content (AvgIpc) is 3.65. The minimum Gasteiger partial charge on any atom is -0.309 e. The first-order valence-corrected chi connectivity index (χ1v) is 20.1. The van der Waals surface area contributed by atoms with Crippen LogP contribution in [0.3, 0.4) is 0 Å². The van der Waals surface area contributed by atoms with Gasteiger partial charge in [0, 0.05) is 39.6 Å². The second-order valence-electron chi connectivity index (χ2n) is 15.4. The molecule has 3 nitrogen and oxygen atoms in total. The molecule has 0 bridgehead atoms. The van der Waals surface area contributed by atoms with Gasteiger partial charge in [0.2, 0.25) is 0 Å². The maximum atomic E-state index is 4.80. The Bertz CT molecular complexity index is 3580. The minimum atomic E-state index is 0.935. The smallest absolute Gasteiger partial charge is 0.0971 e. The summed E-state index contributed by atoms with van der Waals surface area (Å²) in [6.45, 7) is 0. The Hall–Kier alpha value is -7.88. The molecule has 0 N–H and O–H groups in total. The summed E-state index contributed by atoms with van der Waals surface area (Å²) in [5.41, 5.74) is 15.0. The number of rotatable bonds is 5. The van der Waals surface area contributed by atoms with E-state index in [0.29, 0.717) is 0 Å². The zero-order valence-electron chi connectivity index (χ0n) is 32.0. The van der Waals surface area contributed by atoms with Gasteiger partial charge >= 0.3 is 0 Å². The van der Waals surface area contributed by atoms with Gasteiger partial charge in [-0.25, -0.2) is 0 Å². The predicted octanol–water partition coefficient (Wildman–Crippen LogP) is 14.9. The van der Waals surface area contributed by atoms with E-state index in [2.05, 4.69) is 205 Å². The summed E-state index contributed by atoms with van der Waals surface area (Å²) in [6, 6.07) is 72.9. The quantitative estimate of drug-likeness (QED) is 0.164. The number of nitrogens with zero attached hydrogens (tertiary/aromatic N) is 3. The summed E-state index contributed by atoms with van der Waals surface area (Å²) >= 11 is 0. The third-order valence-corrected chi connectivity index (χ3v) is 12.0. The van der Waals surface area contributed by atoms with E-state index in [1.165, 1.54) is 88.0 Å². The van der Waals surface area contributed by atoms with Crippen LogP contribution < -0.4 is 0 Å². The summed E-state index contributed by atoms with van der Waals surface area (Å²) in [5.74, 6) is 0. The van der Waals surface area contributed by atoms with Crippen LogP contribution in [-0.2, 0) is 0 Å². The van der Waals surface area contributed by atoms with Crippen LogP contribution in [0.25, 0.3) is 115 Å². The van der Waals surface area contributed by atoms with Crippen LogP contribution >= 0.6 is 0 Å². The Kier molecular flexibility index (Phi) is 7.54. The third kappa shape index (κ3) is 5.51. The second kappa shape index (κ2) is 13.4. The largest absolute Gasteiger partial charge is 0.309 e. The molecule has 0 atom stereocenters. The van der Waals surface area contributed by atoms with Gasteiger partial charge in [-0.1, -0.05) is 140 Å². The van der Waals surface area contributed by atoms with E-state index in [1.807, 2.05) is 0 Å². The first-order valence-electron chi connectivity index (χ1n) is 20.1. The zero-order chi connectivity index (χ0) is 38.9. The van der Waals surface area contributed by atoms with E-state index < -0.39 is 0 Å². The van der Waals surface area contributed by atoms with Gasteiger partial charge in [0.1, 0.15) is 0 Å². The SMILES string of the molecule is c1ccc(-n2c3ccccc3c3cc(-c4cccc(-c5ccc6cc(-c7cccc(-c8ccc9c%10ccccc%10c%10nccnc%10c9c8)c7)ccc6c5)c4)ccc32)cc1. The van der Waals surface area contributed by atoms with Crippen molar-refractivity contribution in [3.05, 3.63) is 213 Å². The summed E-state index contributed by atoms with van der Waals surface area (Å²) in [5, 5.41) is 9.60. The fraction of sp³-hybridized carbons (Fsp3) is 0. The van der Waals surface area contributed by atoms with E-state index in [-0.39, 0.29) is 0 Å². The van der Waals surface area contributed by atoms with Gasteiger partial charge < -0.3 is 4.57 Å². The number of hydrogen-bond acceptors (Lipinski definition) is 2. The summed E-state index contributed by atoms with van der Waals surface area (Å²) in [7, 11) is 0. The summed E-state index contributed by atoms with van der Waals surface area (Å²) < 4.78 is 2.37. The molecule has 0 spiro atoms. The van der Waals surface area contributed by atoms with Crippen molar-refractivity contribution >= 4 is 65.2 Å². The molecule has 0 saturated carbocycles. The Morgan fingerprint density at radius 3 is 1.39 bits per heavy atom. The molecule has 0 aliphatic heterocycles. The molecule has 10 aromatic carbocycles. The van der Waals surface area contributed by atoms with Crippen LogP contribution in [-0.4, -0.2) is 14.5 Å². The molecular weight excluding hydrogens is 715 g/mol. The van der Waals surface area contributed by atoms with Gasteiger partial charge in [-0.3, -0.25) is 9.97 Å². The molecule has 2 aromatic heterocycles. The number of fused-ring (bicyclic) bond motifs is 10. The Morgan fingerprint density at radius 2 is 0.729 bits per heavy atom. The van der Waals surface area contributed by atoms with Gasteiger partial charge in [0.15, 0.2) is 0 Å². The molecular formula is C56H35N3. The molecule has 0 radical (unpaired) electrons. The van der Waals surface area contributed by atoms with E-state index in [1.54, 1.807) is 12.4 Å². The average molecular weight is 750 g/mol. The van der Waals surface area contributed by atoms with Crippen molar-refractivity contribution in [2.24, 2.45) is 0 Å². The highest BCUT2D eigenvalue weighted by Gasteiger charge is 2.15. The Labute approximate surface area is 341 Å². The lowest BCUT2D eigenvalue weighted by Gasteiger charge is -2.12. The molecule has 0 amide bonds.